The van der Waals surface area contributed by atoms with Crippen molar-refractivity contribution in [2.45, 2.75) is 31.8 Å². The number of piperidine rings is 1. The lowest BCUT2D eigenvalue weighted by Crippen LogP contribution is -2.52. The third-order valence-corrected chi connectivity index (χ3v) is 4.61. The molecule has 0 amide bonds. The normalized spacial score (nSPS) is 27.0. The van der Waals surface area contributed by atoms with Gasteiger partial charge < -0.3 is 9.64 Å². The molecular weight excluding hydrogens is 224 g/mol. The Morgan fingerprint density at radius 2 is 2.06 bits per heavy atom. The van der Waals surface area contributed by atoms with E-state index in [1.165, 1.54) is 36.2 Å². The second-order valence-corrected chi connectivity index (χ2v) is 5.68. The van der Waals surface area contributed by atoms with Crippen LogP contribution in [0.1, 0.15) is 29.9 Å². The summed E-state index contributed by atoms with van der Waals surface area (Å²) in [4.78, 5) is 4.92. The minimum Gasteiger partial charge on any atom is -0.497 e. The third-order valence-electron chi connectivity index (χ3n) is 4.61. The highest BCUT2D eigenvalue weighted by Gasteiger charge is 2.37. The van der Waals surface area contributed by atoms with E-state index < -0.39 is 0 Å². The van der Waals surface area contributed by atoms with Crippen LogP contribution in [-0.4, -0.2) is 38.8 Å². The van der Waals surface area contributed by atoms with E-state index in [-0.39, 0.29) is 0 Å². The van der Waals surface area contributed by atoms with Crippen LogP contribution < -0.4 is 9.64 Å². The van der Waals surface area contributed by atoms with Crippen LogP contribution in [0.3, 0.4) is 0 Å². The second-order valence-electron chi connectivity index (χ2n) is 5.68. The molecule has 0 saturated carbocycles. The third kappa shape index (κ3) is 1.61. The van der Waals surface area contributed by atoms with Gasteiger partial charge in [-0.25, -0.2) is 0 Å². The largest absolute Gasteiger partial charge is 0.497 e. The van der Waals surface area contributed by atoms with Crippen molar-refractivity contribution in [1.82, 2.24) is 4.90 Å². The van der Waals surface area contributed by atoms with Gasteiger partial charge in [-0.15, -0.1) is 0 Å². The number of fused-ring (bicyclic) bond motifs is 4. The first-order chi connectivity index (χ1) is 8.61. The van der Waals surface area contributed by atoms with E-state index in [0.717, 1.165) is 5.75 Å². The molecule has 1 aromatic carbocycles. The van der Waals surface area contributed by atoms with Gasteiger partial charge in [0.05, 0.1) is 13.3 Å². The van der Waals surface area contributed by atoms with Crippen LogP contribution in [0.4, 0.5) is 5.69 Å². The Bertz CT molecular complexity index is 472. The Hall–Kier alpha value is -1.22. The van der Waals surface area contributed by atoms with Crippen molar-refractivity contribution in [3.05, 3.63) is 23.3 Å². The van der Waals surface area contributed by atoms with Crippen LogP contribution >= 0.6 is 0 Å². The molecule has 0 radical (unpaired) electrons. The molecule has 2 aliphatic rings. The van der Waals surface area contributed by atoms with Crippen molar-refractivity contribution in [2.24, 2.45) is 0 Å². The molecule has 0 aliphatic carbocycles. The van der Waals surface area contributed by atoms with Gasteiger partial charge in [0.25, 0.3) is 0 Å². The lowest BCUT2D eigenvalue weighted by molar-refractivity contribution is 0.159. The maximum Gasteiger partial charge on any atom is 0.119 e. The van der Waals surface area contributed by atoms with Crippen molar-refractivity contribution in [2.75, 3.05) is 32.6 Å². The molecule has 3 rings (SSSR count). The van der Waals surface area contributed by atoms with Gasteiger partial charge >= 0.3 is 0 Å². The minimum atomic E-state index is 0.559. The van der Waals surface area contributed by atoms with Crippen LogP contribution in [0, 0.1) is 6.92 Å². The first-order valence-electron chi connectivity index (χ1n) is 6.73. The highest BCUT2D eigenvalue weighted by atomic mass is 16.5. The monoisotopic (exact) mass is 246 g/mol. The molecule has 1 aromatic rings. The zero-order valence-corrected chi connectivity index (χ0v) is 11.7. The fourth-order valence-electron chi connectivity index (χ4n) is 3.63. The molecule has 3 nitrogen and oxygen atoms in total. The van der Waals surface area contributed by atoms with Crippen LogP contribution in [-0.2, 0) is 0 Å². The predicted octanol–water partition coefficient (Wildman–Crippen LogP) is 2.59. The summed E-state index contributed by atoms with van der Waals surface area (Å²) in [6.45, 7) is 3.38. The zero-order chi connectivity index (χ0) is 12.9. The van der Waals surface area contributed by atoms with Crippen LogP contribution in [0.5, 0.6) is 5.75 Å². The first kappa shape index (κ1) is 11.8. The molecular formula is C15H22N2O. The molecule has 0 N–H and O–H groups in total. The van der Waals surface area contributed by atoms with Gasteiger partial charge in [0.15, 0.2) is 0 Å². The van der Waals surface area contributed by atoms with Gasteiger partial charge in [0.2, 0.25) is 0 Å². The molecule has 3 heteroatoms. The quantitative estimate of drug-likeness (QED) is 0.757. The Balaban J connectivity index is 2.13. The van der Waals surface area contributed by atoms with Crippen molar-refractivity contribution >= 4 is 5.69 Å². The number of anilines is 1. The van der Waals surface area contributed by atoms with Crippen molar-refractivity contribution in [1.29, 1.82) is 0 Å². The van der Waals surface area contributed by atoms with Crippen molar-refractivity contribution in [3.8, 4) is 5.75 Å². The lowest BCUT2D eigenvalue weighted by atomic mass is 9.81. The molecule has 2 heterocycles. The lowest BCUT2D eigenvalue weighted by Gasteiger charge is -2.49. The Morgan fingerprint density at radius 3 is 2.78 bits per heavy atom. The number of hydrogen-bond acceptors (Lipinski definition) is 3. The number of benzene rings is 1. The summed E-state index contributed by atoms with van der Waals surface area (Å²) < 4.78 is 5.43. The summed E-state index contributed by atoms with van der Waals surface area (Å²) >= 11 is 0. The molecule has 2 aliphatic heterocycles. The van der Waals surface area contributed by atoms with E-state index in [2.05, 4.69) is 43.0 Å². The van der Waals surface area contributed by atoms with Gasteiger partial charge in [0, 0.05) is 19.3 Å². The Morgan fingerprint density at radius 1 is 1.28 bits per heavy atom. The molecule has 0 spiro atoms. The van der Waals surface area contributed by atoms with Crippen LogP contribution in [0.25, 0.3) is 0 Å². The number of methoxy groups -OCH3 is 1. The van der Waals surface area contributed by atoms with E-state index in [4.69, 9.17) is 4.74 Å². The van der Waals surface area contributed by atoms with Crippen LogP contribution in [0.2, 0.25) is 0 Å². The summed E-state index contributed by atoms with van der Waals surface area (Å²) in [7, 11) is 6.22. The molecule has 1 saturated heterocycles. The number of likely N-dealkylation sites (tertiary alicyclic amines) is 1. The SMILES string of the molecule is COc1cc(C)c2c(c1)C1CCN(C)C(C1)N2C. The predicted molar refractivity (Wildman–Crippen MR) is 74.5 cm³/mol. The molecule has 0 aromatic heterocycles. The molecule has 98 valence electrons. The van der Waals surface area contributed by atoms with E-state index in [1.807, 2.05) is 0 Å². The number of aryl methyl sites for hydroxylation is 1. The van der Waals surface area contributed by atoms with E-state index in [1.54, 1.807) is 7.11 Å². The molecule has 2 atom stereocenters. The van der Waals surface area contributed by atoms with Gasteiger partial charge in [-0.1, -0.05) is 0 Å². The Labute approximate surface area is 109 Å². The average Bonchev–Trinajstić information content (AvgIpc) is 2.37. The summed E-state index contributed by atoms with van der Waals surface area (Å²) in [6.07, 6.45) is 3.07. The summed E-state index contributed by atoms with van der Waals surface area (Å²) in [6, 6.07) is 4.39. The molecule has 2 unspecified atom stereocenters. The highest BCUT2D eigenvalue weighted by molar-refractivity contribution is 5.65. The van der Waals surface area contributed by atoms with E-state index in [0.29, 0.717) is 12.1 Å². The summed E-state index contributed by atoms with van der Waals surface area (Å²) in [5.41, 5.74) is 4.24. The maximum absolute atomic E-state index is 5.43. The second kappa shape index (κ2) is 4.16. The minimum absolute atomic E-state index is 0.559. The number of ether oxygens (including phenoxy) is 1. The fourth-order valence-corrected chi connectivity index (χ4v) is 3.63. The van der Waals surface area contributed by atoms with Crippen molar-refractivity contribution in [3.63, 3.8) is 0 Å². The smallest absolute Gasteiger partial charge is 0.119 e. The topological polar surface area (TPSA) is 15.7 Å². The zero-order valence-electron chi connectivity index (χ0n) is 11.7. The number of nitrogens with zero attached hydrogens (tertiary/aromatic N) is 2. The maximum atomic E-state index is 5.43. The first-order valence-corrected chi connectivity index (χ1v) is 6.73. The van der Waals surface area contributed by atoms with E-state index >= 15 is 0 Å². The number of hydrogen-bond donors (Lipinski definition) is 0. The summed E-state index contributed by atoms with van der Waals surface area (Å²) in [5.74, 6) is 1.70. The number of rotatable bonds is 1. The standard InChI is InChI=1S/C15H22N2O/c1-10-7-12(18-4)9-13-11-5-6-16(2)14(8-11)17(3)15(10)13/h7,9,11,14H,5-6,8H2,1-4H3. The van der Waals surface area contributed by atoms with E-state index in [9.17, 15) is 0 Å². The highest BCUT2D eigenvalue weighted by Crippen LogP contribution is 2.45. The van der Waals surface area contributed by atoms with Crippen molar-refractivity contribution < 1.29 is 4.74 Å². The van der Waals surface area contributed by atoms with Crippen LogP contribution in [0.15, 0.2) is 12.1 Å². The Kier molecular flexibility index (Phi) is 2.74. The summed E-state index contributed by atoms with van der Waals surface area (Å²) in [5, 5.41) is 0. The molecule has 18 heavy (non-hydrogen) atoms. The molecule has 1 fully saturated rings. The van der Waals surface area contributed by atoms with Gasteiger partial charge in [-0.3, -0.25) is 4.90 Å². The van der Waals surface area contributed by atoms with Gasteiger partial charge in [-0.05, 0) is 56.0 Å². The van der Waals surface area contributed by atoms with Gasteiger partial charge in [-0.2, -0.15) is 0 Å². The fraction of sp³-hybridized carbons (Fsp3) is 0.600. The molecule has 2 bridgehead atoms. The van der Waals surface area contributed by atoms with Gasteiger partial charge in [0.1, 0.15) is 5.75 Å². The average molecular weight is 246 g/mol.